The lowest BCUT2D eigenvalue weighted by Gasteiger charge is -2.10. The maximum Gasteiger partial charge on any atom is 0.271 e. The molecule has 0 aliphatic heterocycles. The maximum atomic E-state index is 13.1. The molecule has 164 valence electrons. The number of ether oxygens (including phenoxy) is 2. The van der Waals surface area contributed by atoms with Gasteiger partial charge in [-0.3, -0.25) is 14.0 Å². The Bertz CT molecular complexity index is 1330. The molecule has 0 spiro atoms. The van der Waals surface area contributed by atoms with Crippen LogP contribution in [0.15, 0.2) is 58.8 Å². The number of fused-ring (bicyclic) bond motifs is 1. The molecule has 0 saturated heterocycles. The van der Waals surface area contributed by atoms with Crippen LogP contribution in [0.5, 0.6) is 11.5 Å². The van der Waals surface area contributed by atoms with Gasteiger partial charge in [0.25, 0.3) is 11.5 Å². The average Bonchev–Trinajstić information content (AvgIpc) is 3.24. The number of aryl methyl sites for hydroxylation is 1. The van der Waals surface area contributed by atoms with Crippen molar-refractivity contribution in [2.75, 3.05) is 20.8 Å². The predicted molar refractivity (Wildman–Crippen MR) is 125 cm³/mol. The topological polar surface area (TPSA) is 81.9 Å². The van der Waals surface area contributed by atoms with E-state index in [0.717, 1.165) is 22.4 Å². The fourth-order valence-corrected chi connectivity index (χ4v) is 4.28. The van der Waals surface area contributed by atoms with Crippen LogP contribution in [0.25, 0.3) is 16.2 Å². The Morgan fingerprint density at radius 3 is 2.56 bits per heavy atom. The van der Waals surface area contributed by atoms with E-state index in [1.165, 1.54) is 21.9 Å². The highest BCUT2D eigenvalue weighted by Gasteiger charge is 2.17. The average molecular weight is 450 g/mol. The molecule has 2 heterocycles. The molecule has 0 atom stereocenters. The van der Waals surface area contributed by atoms with E-state index in [1.54, 1.807) is 14.2 Å². The molecule has 8 heteroatoms. The molecular weight excluding hydrogens is 426 g/mol. The van der Waals surface area contributed by atoms with Gasteiger partial charge < -0.3 is 14.8 Å². The lowest BCUT2D eigenvalue weighted by Crippen LogP contribution is -2.32. The van der Waals surface area contributed by atoms with Gasteiger partial charge in [-0.05, 0) is 36.6 Å². The Kier molecular flexibility index (Phi) is 6.23. The molecule has 1 amide bonds. The number of amides is 1. The molecule has 0 bridgehead atoms. The van der Waals surface area contributed by atoms with Crippen LogP contribution in [0.2, 0.25) is 0 Å². The van der Waals surface area contributed by atoms with E-state index in [0.29, 0.717) is 29.4 Å². The van der Waals surface area contributed by atoms with Crippen molar-refractivity contribution < 1.29 is 14.3 Å². The largest absolute Gasteiger partial charge is 0.493 e. The van der Waals surface area contributed by atoms with Gasteiger partial charge in [0.2, 0.25) is 0 Å². The van der Waals surface area contributed by atoms with E-state index in [4.69, 9.17) is 9.47 Å². The molecule has 0 radical (unpaired) electrons. The van der Waals surface area contributed by atoms with Crippen LogP contribution in [-0.2, 0) is 6.42 Å². The van der Waals surface area contributed by atoms with Crippen molar-refractivity contribution >= 4 is 22.2 Å². The van der Waals surface area contributed by atoms with Gasteiger partial charge in [-0.2, -0.15) is 0 Å². The van der Waals surface area contributed by atoms with Crippen LogP contribution in [0.3, 0.4) is 0 Å². The first-order chi connectivity index (χ1) is 15.5. The van der Waals surface area contributed by atoms with Crippen molar-refractivity contribution in [1.82, 2.24) is 14.7 Å². The van der Waals surface area contributed by atoms with Crippen LogP contribution in [0, 0.1) is 6.92 Å². The van der Waals surface area contributed by atoms with Crippen LogP contribution >= 0.6 is 11.3 Å². The van der Waals surface area contributed by atoms with Gasteiger partial charge in [0.15, 0.2) is 16.5 Å². The zero-order chi connectivity index (χ0) is 22.7. The van der Waals surface area contributed by atoms with Crippen molar-refractivity contribution in [1.29, 1.82) is 0 Å². The predicted octanol–water partition coefficient (Wildman–Crippen LogP) is 3.72. The molecule has 7 nitrogen and oxygen atoms in total. The monoisotopic (exact) mass is 449 g/mol. The highest BCUT2D eigenvalue weighted by Crippen LogP contribution is 2.27. The molecule has 4 rings (SSSR count). The zero-order valence-electron chi connectivity index (χ0n) is 18.0. The molecule has 0 unspecified atom stereocenters. The summed E-state index contributed by atoms with van der Waals surface area (Å²) in [7, 11) is 3.16. The van der Waals surface area contributed by atoms with Gasteiger partial charge in [0.05, 0.1) is 19.9 Å². The lowest BCUT2D eigenvalue weighted by atomic mass is 10.1. The number of nitrogens with one attached hydrogen (secondary N) is 1. The molecule has 0 fully saturated rings. The fourth-order valence-electron chi connectivity index (χ4n) is 3.43. The first-order valence-electron chi connectivity index (χ1n) is 10.1. The Morgan fingerprint density at radius 2 is 1.84 bits per heavy atom. The summed E-state index contributed by atoms with van der Waals surface area (Å²) in [5.41, 5.74) is 3.37. The normalized spacial score (nSPS) is 10.8. The second kappa shape index (κ2) is 9.23. The number of nitrogens with zero attached hydrogens (tertiary/aromatic N) is 2. The van der Waals surface area contributed by atoms with E-state index in [9.17, 15) is 9.59 Å². The van der Waals surface area contributed by atoms with E-state index in [1.807, 2.05) is 54.8 Å². The number of carbonyl (C=O) groups excluding carboxylic acids is 1. The Labute approximate surface area is 189 Å². The van der Waals surface area contributed by atoms with Crippen LogP contribution < -0.4 is 20.3 Å². The van der Waals surface area contributed by atoms with Gasteiger partial charge in [-0.25, -0.2) is 4.98 Å². The summed E-state index contributed by atoms with van der Waals surface area (Å²) >= 11 is 1.37. The third-order valence-electron chi connectivity index (χ3n) is 5.18. The Morgan fingerprint density at radius 1 is 1.09 bits per heavy atom. The van der Waals surface area contributed by atoms with Gasteiger partial charge in [0.1, 0.15) is 5.56 Å². The third kappa shape index (κ3) is 4.22. The zero-order valence-corrected chi connectivity index (χ0v) is 18.9. The number of benzene rings is 2. The smallest absolute Gasteiger partial charge is 0.271 e. The van der Waals surface area contributed by atoms with Gasteiger partial charge in [0, 0.05) is 18.1 Å². The molecule has 0 aliphatic carbocycles. The summed E-state index contributed by atoms with van der Waals surface area (Å²) in [4.78, 5) is 30.7. The summed E-state index contributed by atoms with van der Waals surface area (Å²) < 4.78 is 12.1. The van der Waals surface area contributed by atoms with Crippen molar-refractivity contribution in [3.05, 3.63) is 81.1 Å². The van der Waals surface area contributed by atoms with Gasteiger partial charge in [-0.15, -0.1) is 11.3 Å². The second-order valence-corrected chi connectivity index (χ2v) is 8.11. The minimum Gasteiger partial charge on any atom is -0.493 e. The molecule has 32 heavy (non-hydrogen) atoms. The second-order valence-electron chi connectivity index (χ2n) is 7.28. The number of thiazole rings is 1. The summed E-state index contributed by atoms with van der Waals surface area (Å²) in [5.74, 6) is 0.830. The van der Waals surface area contributed by atoms with Crippen molar-refractivity contribution in [2.24, 2.45) is 0 Å². The number of aromatic nitrogens is 2. The van der Waals surface area contributed by atoms with Crippen molar-refractivity contribution in [3.63, 3.8) is 0 Å². The molecular formula is C24H23N3O4S. The highest BCUT2D eigenvalue weighted by molar-refractivity contribution is 7.15. The number of methoxy groups -OCH3 is 2. The van der Waals surface area contributed by atoms with Gasteiger partial charge >= 0.3 is 0 Å². The van der Waals surface area contributed by atoms with E-state index < -0.39 is 5.91 Å². The molecule has 4 aromatic rings. The van der Waals surface area contributed by atoms with E-state index >= 15 is 0 Å². The molecule has 2 aromatic carbocycles. The number of hydrogen-bond acceptors (Lipinski definition) is 6. The summed E-state index contributed by atoms with van der Waals surface area (Å²) in [6, 6.07) is 13.5. The Hall–Kier alpha value is -3.65. The summed E-state index contributed by atoms with van der Waals surface area (Å²) in [5, 5.41) is 4.70. The standard InChI is InChI=1S/C24H23N3O4S/c1-15-4-7-17(8-5-15)19-14-32-24-26-13-18(23(29)27(19)24)22(28)25-11-10-16-6-9-20(30-2)21(12-16)31-3/h4-9,12-14H,10-11H2,1-3H3,(H,25,28). The quantitative estimate of drug-likeness (QED) is 0.465. The summed E-state index contributed by atoms with van der Waals surface area (Å²) in [6.07, 6.45) is 1.93. The van der Waals surface area contributed by atoms with Crippen LogP contribution in [0.4, 0.5) is 0 Å². The SMILES string of the molecule is COc1ccc(CCNC(=O)c2cnc3scc(-c4ccc(C)cc4)n3c2=O)cc1OC. The van der Waals surface area contributed by atoms with Gasteiger partial charge in [-0.1, -0.05) is 35.9 Å². The fraction of sp³-hybridized carbons (Fsp3) is 0.208. The number of carbonyl (C=O) groups is 1. The van der Waals surface area contributed by atoms with Crippen LogP contribution in [0.1, 0.15) is 21.5 Å². The molecule has 0 aliphatic rings. The van der Waals surface area contributed by atoms with E-state index in [-0.39, 0.29) is 11.1 Å². The third-order valence-corrected chi connectivity index (χ3v) is 6.02. The van der Waals surface area contributed by atoms with Crippen molar-refractivity contribution in [2.45, 2.75) is 13.3 Å². The first kappa shape index (κ1) is 21.6. The number of rotatable bonds is 7. The number of hydrogen-bond donors (Lipinski definition) is 1. The Balaban J connectivity index is 1.53. The molecule has 2 aromatic heterocycles. The maximum absolute atomic E-state index is 13.1. The highest BCUT2D eigenvalue weighted by atomic mass is 32.1. The molecule has 0 saturated carbocycles. The summed E-state index contributed by atoms with van der Waals surface area (Å²) in [6.45, 7) is 2.37. The molecule has 1 N–H and O–H groups in total. The van der Waals surface area contributed by atoms with Crippen molar-refractivity contribution in [3.8, 4) is 22.8 Å². The minimum atomic E-state index is -0.446. The van der Waals surface area contributed by atoms with Crippen LogP contribution in [-0.4, -0.2) is 36.1 Å². The first-order valence-corrected chi connectivity index (χ1v) is 10.9. The lowest BCUT2D eigenvalue weighted by molar-refractivity contribution is 0.0952. The van der Waals surface area contributed by atoms with E-state index in [2.05, 4.69) is 10.3 Å². The minimum absolute atomic E-state index is 0.0153.